The first kappa shape index (κ1) is 14.4. The van der Waals surface area contributed by atoms with Crippen LogP contribution in [0.15, 0.2) is 0 Å². The van der Waals surface area contributed by atoms with Crippen molar-refractivity contribution in [2.45, 2.75) is 46.3 Å². The number of nitrogens with one attached hydrogen (secondary N) is 1. The first-order valence-electron chi connectivity index (χ1n) is 5.62. The number of hydrogen-bond donors (Lipinski definition) is 2. The summed E-state index contributed by atoms with van der Waals surface area (Å²) < 4.78 is 5.30. The third-order valence-electron chi connectivity index (χ3n) is 2.08. The van der Waals surface area contributed by atoms with E-state index in [2.05, 4.69) is 19.2 Å². The molecule has 0 fully saturated rings. The molecule has 0 saturated heterocycles. The van der Waals surface area contributed by atoms with Crippen molar-refractivity contribution in [3.05, 3.63) is 0 Å². The molecule has 0 spiro atoms. The molecular formula is C11H24N2O2. The summed E-state index contributed by atoms with van der Waals surface area (Å²) in [6.45, 7) is 9.15. The van der Waals surface area contributed by atoms with Crippen molar-refractivity contribution in [1.82, 2.24) is 5.32 Å². The second-order valence-corrected chi connectivity index (χ2v) is 4.25. The molecule has 0 aliphatic carbocycles. The Hall–Kier alpha value is -0.610. The average Bonchev–Trinajstić information content (AvgIpc) is 2.13. The fourth-order valence-corrected chi connectivity index (χ4v) is 1.33. The molecule has 0 aliphatic heterocycles. The van der Waals surface area contributed by atoms with E-state index in [4.69, 9.17) is 10.5 Å². The maximum Gasteiger partial charge on any atom is 0.237 e. The van der Waals surface area contributed by atoms with Crippen molar-refractivity contribution in [3.63, 3.8) is 0 Å². The Bertz CT molecular complexity index is 183. The molecule has 1 amide bonds. The van der Waals surface area contributed by atoms with Gasteiger partial charge in [-0.05, 0) is 26.2 Å². The smallest absolute Gasteiger partial charge is 0.237 e. The van der Waals surface area contributed by atoms with E-state index in [-0.39, 0.29) is 12.0 Å². The second-order valence-electron chi connectivity index (χ2n) is 4.25. The van der Waals surface area contributed by atoms with Crippen LogP contribution in [0, 0.1) is 5.92 Å². The van der Waals surface area contributed by atoms with Crippen LogP contribution in [0.5, 0.6) is 0 Å². The Kier molecular flexibility index (Phi) is 7.34. The topological polar surface area (TPSA) is 64.3 Å². The minimum atomic E-state index is -0.404. The van der Waals surface area contributed by atoms with Crippen LogP contribution in [0.25, 0.3) is 0 Å². The van der Waals surface area contributed by atoms with Gasteiger partial charge in [0, 0.05) is 13.2 Å². The second kappa shape index (κ2) is 7.65. The lowest BCUT2D eigenvalue weighted by Crippen LogP contribution is -2.44. The Morgan fingerprint density at radius 1 is 1.40 bits per heavy atom. The van der Waals surface area contributed by atoms with Gasteiger partial charge in [0.2, 0.25) is 5.91 Å². The molecule has 0 aromatic carbocycles. The van der Waals surface area contributed by atoms with E-state index in [0.29, 0.717) is 19.1 Å². The Labute approximate surface area is 92.6 Å². The van der Waals surface area contributed by atoms with E-state index < -0.39 is 6.04 Å². The van der Waals surface area contributed by atoms with Gasteiger partial charge in [0.1, 0.15) is 0 Å². The molecule has 4 heteroatoms. The van der Waals surface area contributed by atoms with E-state index in [1.807, 2.05) is 13.8 Å². The molecule has 4 nitrogen and oxygen atoms in total. The van der Waals surface area contributed by atoms with E-state index in [0.717, 1.165) is 6.42 Å². The van der Waals surface area contributed by atoms with Gasteiger partial charge in [0.05, 0.1) is 12.1 Å². The maximum absolute atomic E-state index is 11.5. The molecule has 0 radical (unpaired) electrons. The van der Waals surface area contributed by atoms with Crippen LogP contribution in [0.2, 0.25) is 0 Å². The van der Waals surface area contributed by atoms with Crippen LogP contribution in [-0.4, -0.2) is 31.2 Å². The van der Waals surface area contributed by atoms with Crippen molar-refractivity contribution < 1.29 is 9.53 Å². The molecule has 0 aromatic rings. The van der Waals surface area contributed by atoms with Gasteiger partial charge in [-0.1, -0.05) is 13.8 Å². The number of carbonyl (C=O) groups excluding carboxylic acids is 1. The zero-order valence-corrected chi connectivity index (χ0v) is 10.2. The molecular weight excluding hydrogens is 192 g/mol. The van der Waals surface area contributed by atoms with Gasteiger partial charge in [-0.3, -0.25) is 4.79 Å². The molecule has 2 atom stereocenters. The monoisotopic (exact) mass is 216 g/mol. The average molecular weight is 216 g/mol. The predicted octanol–water partition coefficient (Wildman–Crippen LogP) is 0.901. The minimum absolute atomic E-state index is 0.0465. The normalized spacial score (nSPS) is 15.1. The van der Waals surface area contributed by atoms with E-state index in [9.17, 15) is 4.79 Å². The summed E-state index contributed by atoms with van der Waals surface area (Å²) in [6, 6.07) is -0.404. The molecule has 3 N–H and O–H groups in total. The molecule has 0 heterocycles. The van der Waals surface area contributed by atoms with Crippen molar-refractivity contribution in [2.75, 3.05) is 13.2 Å². The van der Waals surface area contributed by atoms with Crippen molar-refractivity contribution in [3.8, 4) is 0 Å². The molecule has 90 valence electrons. The van der Waals surface area contributed by atoms with Gasteiger partial charge in [-0.15, -0.1) is 0 Å². The van der Waals surface area contributed by atoms with Gasteiger partial charge < -0.3 is 15.8 Å². The fourth-order valence-electron chi connectivity index (χ4n) is 1.33. The Morgan fingerprint density at radius 3 is 2.47 bits per heavy atom. The summed E-state index contributed by atoms with van der Waals surface area (Å²) in [6.07, 6.45) is 0.764. The quantitative estimate of drug-likeness (QED) is 0.664. The highest BCUT2D eigenvalue weighted by Gasteiger charge is 2.15. The third-order valence-corrected chi connectivity index (χ3v) is 2.08. The number of nitrogens with two attached hydrogens (primary N) is 1. The Balaban J connectivity index is 3.72. The highest BCUT2D eigenvalue weighted by Crippen LogP contribution is 2.02. The summed E-state index contributed by atoms with van der Waals surface area (Å²) in [5.74, 6) is 0.352. The van der Waals surface area contributed by atoms with Gasteiger partial charge >= 0.3 is 0 Å². The molecule has 0 bridgehead atoms. The number of hydrogen-bond acceptors (Lipinski definition) is 3. The van der Waals surface area contributed by atoms with E-state index >= 15 is 0 Å². The number of carbonyl (C=O) groups is 1. The van der Waals surface area contributed by atoms with Gasteiger partial charge in [-0.2, -0.15) is 0 Å². The van der Waals surface area contributed by atoms with Crippen molar-refractivity contribution in [2.24, 2.45) is 11.7 Å². The van der Waals surface area contributed by atoms with E-state index in [1.165, 1.54) is 0 Å². The number of ether oxygens (including phenoxy) is 1. The van der Waals surface area contributed by atoms with Gasteiger partial charge in [-0.25, -0.2) is 0 Å². The lowest BCUT2D eigenvalue weighted by atomic mass is 10.0. The summed E-state index contributed by atoms with van der Waals surface area (Å²) in [7, 11) is 0. The van der Waals surface area contributed by atoms with Gasteiger partial charge in [0.25, 0.3) is 0 Å². The number of rotatable bonds is 7. The molecule has 0 aliphatic rings. The van der Waals surface area contributed by atoms with Crippen LogP contribution < -0.4 is 11.1 Å². The molecule has 0 aromatic heterocycles. The minimum Gasteiger partial charge on any atom is -0.377 e. The molecule has 2 unspecified atom stereocenters. The summed E-state index contributed by atoms with van der Waals surface area (Å²) in [5.41, 5.74) is 5.73. The fraction of sp³-hybridized carbons (Fsp3) is 0.909. The highest BCUT2D eigenvalue weighted by molar-refractivity contribution is 5.81. The lowest BCUT2D eigenvalue weighted by Gasteiger charge is -2.16. The molecule has 0 saturated carbocycles. The lowest BCUT2D eigenvalue weighted by molar-refractivity contribution is -0.123. The highest BCUT2D eigenvalue weighted by atomic mass is 16.5. The van der Waals surface area contributed by atoms with Crippen LogP contribution in [0.4, 0.5) is 0 Å². The van der Waals surface area contributed by atoms with Crippen LogP contribution in [-0.2, 0) is 9.53 Å². The summed E-state index contributed by atoms with van der Waals surface area (Å²) >= 11 is 0. The standard InChI is InChI=1S/C11H24N2O2/c1-5-15-9(4)7-13-11(14)10(12)6-8(2)3/h8-10H,5-7,12H2,1-4H3,(H,13,14). The van der Waals surface area contributed by atoms with Crippen LogP contribution >= 0.6 is 0 Å². The maximum atomic E-state index is 11.5. The zero-order chi connectivity index (χ0) is 11.8. The first-order chi connectivity index (χ1) is 6.97. The van der Waals surface area contributed by atoms with Crippen molar-refractivity contribution in [1.29, 1.82) is 0 Å². The summed E-state index contributed by atoms with van der Waals surface area (Å²) in [4.78, 5) is 11.5. The third kappa shape index (κ3) is 7.33. The first-order valence-corrected chi connectivity index (χ1v) is 5.62. The largest absolute Gasteiger partial charge is 0.377 e. The molecule has 0 rings (SSSR count). The Morgan fingerprint density at radius 2 is 2.00 bits per heavy atom. The molecule has 15 heavy (non-hydrogen) atoms. The van der Waals surface area contributed by atoms with E-state index in [1.54, 1.807) is 0 Å². The van der Waals surface area contributed by atoms with Crippen molar-refractivity contribution >= 4 is 5.91 Å². The predicted molar refractivity (Wildman–Crippen MR) is 61.5 cm³/mol. The zero-order valence-electron chi connectivity index (χ0n) is 10.2. The summed E-state index contributed by atoms with van der Waals surface area (Å²) in [5, 5.41) is 2.78. The number of amides is 1. The van der Waals surface area contributed by atoms with Crippen LogP contribution in [0.3, 0.4) is 0 Å². The van der Waals surface area contributed by atoms with Gasteiger partial charge in [0.15, 0.2) is 0 Å². The van der Waals surface area contributed by atoms with Crippen LogP contribution in [0.1, 0.15) is 34.1 Å². The SMILES string of the molecule is CCOC(C)CNC(=O)C(N)CC(C)C.